The zero-order chi connectivity index (χ0) is 11.7. The Morgan fingerprint density at radius 3 is 3.00 bits per heavy atom. The van der Waals surface area contributed by atoms with Crippen LogP contribution in [0.5, 0.6) is 5.75 Å². The van der Waals surface area contributed by atoms with Crippen LogP contribution >= 0.6 is 0 Å². The minimum Gasteiger partial charge on any atom is -0.497 e. The van der Waals surface area contributed by atoms with E-state index in [1.54, 1.807) is 11.6 Å². The van der Waals surface area contributed by atoms with Gasteiger partial charge in [-0.25, -0.2) is 9.50 Å². The smallest absolute Gasteiger partial charge is 0.159 e. The van der Waals surface area contributed by atoms with Crippen molar-refractivity contribution < 1.29 is 9.47 Å². The van der Waals surface area contributed by atoms with Crippen molar-refractivity contribution in [1.29, 1.82) is 0 Å². The van der Waals surface area contributed by atoms with E-state index in [0.717, 1.165) is 43.3 Å². The molecular formula is C12H15N3O2. The zero-order valence-corrected chi connectivity index (χ0v) is 9.80. The first-order valence-electron chi connectivity index (χ1n) is 5.85. The maximum absolute atomic E-state index is 5.35. The average Bonchev–Trinajstić information content (AvgIpc) is 2.82. The number of fused-ring (bicyclic) bond motifs is 1. The molecule has 0 N–H and O–H groups in total. The summed E-state index contributed by atoms with van der Waals surface area (Å²) in [5.41, 5.74) is 0.839. The summed E-state index contributed by atoms with van der Waals surface area (Å²) < 4.78 is 12.3. The minimum atomic E-state index is 0.426. The standard InChI is InChI=1S/C12H15N3O2/c1-16-10-2-5-15-11(8-10)13-12(14-15)9-3-6-17-7-4-9/h2,5,8-9H,3-4,6-7H2,1H3. The summed E-state index contributed by atoms with van der Waals surface area (Å²) in [6.45, 7) is 1.62. The van der Waals surface area contributed by atoms with E-state index < -0.39 is 0 Å². The molecule has 0 radical (unpaired) electrons. The number of pyridine rings is 1. The third-order valence-corrected chi connectivity index (χ3v) is 3.15. The van der Waals surface area contributed by atoms with Crippen LogP contribution in [0.1, 0.15) is 24.6 Å². The van der Waals surface area contributed by atoms with Gasteiger partial charge in [0, 0.05) is 31.4 Å². The van der Waals surface area contributed by atoms with Gasteiger partial charge in [-0.3, -0.25) is 0 Å². The molecule has 5 nitrogen and oxygen atoms in total. The molecule has 0 bridgehead atoms. The van der Waals surface area contributed by atoms with Crippen molar-refractivity contribution >= 4 is 5.65 Å². The molecule has 3 rings (SSSR count). The van der Waals surface area contributed by atoms with E-state index in [9.17, 15) is 0 Å². The Bertz CT molecular complexity index is 517. The van der Waals surface area contributed by atoms with Crippen LogP contribution in [-0.4, -0.2) is 34.9 Å². The van der Waals surface area contributed by atoms with E-state index in [1.807, 2.05) is 18.3 Å². The highest BCUT2D eigenvalue weighted by atomic mass is 16.5. The minimum absolute atomic E-state index is 0.426. The second-order valence-electron chi connectivity index (χ2n) is 4.23. The monoisotopic (exact) mass is 233 g/mol. The Morgan fingerprint density at radius 1 is 1.41 bits per heavy atom. The quantitative estimate of drug-likeness (QED) is 0.791. The third-order valence-electron chi connectivity index (χ3n) is 3.15. The maximum atomic E-state index is 5.35. The second kappa shape index (κ2) is 4.33. The topological polar surface area (TPSA) is 48.7 Å². The molecular weight excluding hydrogens is 218 g/mol. The Morgan fingerprint density at radius 2 is 2.24 bits per heavy atom. The van der Waals surface area contributed by atoms with Crippen LogP contribution in [0, 0.1) is 0 Å². The fourth-order valence-corrected chi connectivity index (χ4v) is 2.14. The molecule has 0 saturated carbocycles. The lowest BCUT2D eigenvalue weighted by atomic mass is 10.00. The highest BCUT2D eigenvalue weighted by Gasteiger charge is 2.20. The molecule has 17 heavy (non-hydrogen) atoms. The van der Waals surface area contributed by atoms with Crippen molar-refractivity contribution in [2.45, 2.75) is 18.8 Å². The molecule has 0 unspecified atom stereocenters. The van der Waals surface area contributed by atoms with E-state index in [0.29, 0.717) is 5.92 Å². The first kappa shape index (κ1) is 10.5. The number of rotatable bonds is 2. The largest absolute Gasteiger partial charge is 0.497 e. The molecule has 3 heterocycles. The Labute approximate surface area is 99.4 Å². The van der Waals surface area contributed by atoms with Crippen LogP contribution in [-0.2, 0) is 4.74 Å². The molecule has 0 aromatic carbocycles. The van der Waals surface area contributed by atoms with Crippen LogP contribution < -0.4 is 4.74 Å². The van der Waals surface area contributed by atoms with Gasteiger partial charge in [-0.05, 0) is 18.9 Å². The highest BCUT2D eigenvalue weighted by Crippen LogP contribution is 2.25. The van der Waals surface area contributed by atoms with Gasteiger partial charge in [0.1, 0.15) is 5.75 Å². The fourth-order valence-electron chi connectivity index (χ4n) is 2.14. The SMILES string of the molecule is COc1ccn2nc(C3CCOCC3)nc2c1. The van der Waals surface area contributed by atoms with Gasteiger partial charge in [0.05, 0.1) is 7.11 Å². The summed E-state index contributed by atoms with van der Waals surface area (Å²) in [6.07, 6.45) is 3.89. The molecule has 0 aliphatic carbocycles. The Kier molecular flexibility index (Phi) is 2.68. The van der Waals surface area contributed by atoms with Gasteiger partial charge in [0.15, 0.2) is 11.5 Å². The molecule has 1 fully saturated rings. The summed E-state index contributed by atoms with van der Waals surface area (Å²) in [5.74, 6) is 2.15. The van der Waals surface area contributed by atoms with E-state index in [4.69, 9.17) is 9.47 Å². The van der Waals surface area contributed by atoms with Crippen LogP contribution in [0.25, 0.3) is 5.65 Å². The first-order chi connectivity index (χ1) is 8.36. The third kappa shape index (κ3) is 1.98. The lowest BCUT2D eigenvalue weighted by Crippen LogP contribution is -2.15. The zero-order valence-electron chi connectivity index (χ0n) is 9.80. The lowest BCUT2D eigenvalue weighted by Gasteiger charge is -2.18. The molecule has 2 aromatic heterocycles. The molecule has 1 saturated heterocycles. The van der Waals surface area contributed by atoms with Crippen molar-refractivity contribution in [3.05, 3.63) is 24.2 Å². The highest BCUT2D eigenvalue weighted by molar-refractivity contribution is 5.43. The number of nitrogens with zero attached hydrogens (tertiary/aromatic N) is 3. The second-order valence-corrected chi connectivity index (χ2v) is 4.23. The fraction of sp³-hybridized carbons (Fsp3) is 0.500. The van der Waals surface area contributed by atoms with Crippen LogP contribution in [0.4, 0.5) is 0 Å². The summed E-state index contributed by atoms with van der Waals surface area (Å²) in [5, 5.41) is 4.51. The van der Waals surface area contributed by atoms with Crippen molar-refractivity contribution in [3.63, 3.8) is 0 Å². The molecule has 1 aliphatic rings. The molecule has 1 aliphatic heterocycles. The van der Waals surface area contributed by atoms with E-state index in [-0.39, 0.29) is 0 Å². The van der Waals surface area contributed by atoms with Gasteiger partial charge in [-0.2, -0.15) is 5.10 Å². The van der Waals surface area contributed by atoms with Crippen LogP contribution in [0.2, 0.25) is 0 Å². The Balaban J connectivity index is 1.95. The lowest BCUT2D eigenvalue weighted by molar-refractivity contribution is 0.0836. The van der Waals surface area contributed by atoms with E-state index >= 15 is 0 Å². The van der Waals surface area contributed by atoms with Gasteiger partial charge < -0.3 is 9.47 Å². The van der Waals surface area contributed by atoms with Gasteiger partial charge >= 0.3 is 0 Å². The summed E-state index contributed by atoms with van der Waals surface area (Å²) in [6, 6.07) is 3.78. The van der Waals surface area contributed by atoms with Gasteiger partial charge in [0.25, 0.3) is 0 Å². The average molecular weight is 233 g/mol. The van der Waals surface area contributed by atoms with Crippen molar-refractivity contribution in [1.82, 2.24) is 14.6 Å². The number of ether oxygens (including phenoxy) is 2. The number of hydrogen-bond donors (Lipinski definition) is 0. The summed E-state index contributed by atoms with van der Waals surface area (Å²) >= 11 is 0. The summed E-state index contributed by atoms with van der Waals surface area (Å²) in [4.78, 5) is 4.56. The Hall–Kier alpha value is -1.62. The summed E-state index contributed by atoms with van der Waals surface area (Å²) in [7, 11) is 1.65. The van der Waals surface area contributed by atoms with E-state index in [1.165, 1.54) is 0 Å². The van der Waals surface area contributed by atoms with Crippen molar-refractivity contribution in [2.75, 3.05) is 20.3 Å². The number of aromatic nitrogens is 3. The van der Waals surface area contributed by atoms with Crippen LogP contribution in [0.3, 0.4) is 0 Å². The predicted molar refractivity (Wildman–Crippen MR) is 62.3 cm³/mol. The molecule has 0 atom stereocenters. The van der Waals surface area contributed by atoms with Gasteiger partial charge in [-0.1, -0.05) is 0 Å². The predicted octanol–water partition coefficient (Wildman–Crippen LogP) is 1.63. The molecule has 90 valence electrons. The van der Waals surface area contributed by atoms with Crippen LogP contribution in [0.15, 0.2) is 18.3 Å². The molecule has 0 amide bonds. The first-order valence-corrected chi connectivity index (χ1v) is 5.85. The number of methoxy groups -OCH3 is 1. The molecule has 2 aromatic rings. The molecule has 0 spiro atoms. The normalized spacial score (nSPS) is 17.5. The van der Waals surface area contributed by atoms with Crippen molar-refractivity contribution in [3.8, 4) is 5.75 Å². The van der Waals surface area contributed by atoms with E-state index in [2.05, 4.69) is 10.1 Å². The molecule has 5 heteroatoms. The van der Waals surface area contributed by atoms with Gasteiger partial charge in [0.2, 0.25) is 0 Å². The maximum Gasteiger partial charge on any atom is 0.159 e. The van der Waals surface area contributed by atoms with Gasteiger partial charge in [-0.15, -0.1) is 0 Å². The van der Waals surface area contributed by atoms with Crippen molar-refractivity contribution in [2.24, 2.45) is 0 Å². The number of hydrogen-bond acceptors (Lipinski definition) is 4.